The quantitative estimate of drug-likeness (QED) is 0.664. The lowest BCUT2D eigenvalue weighted by molar-refractivity contribution is -0.120. The summed E-state index contributed by atoms with van der Waals surface area (Å²) >= 11 is 0. The van der Waals surface area contributed by atoms with Gasteiger partial charge >= 0.3 is 0 Å². The molecule has 98 valence electrons. The third-order valence-electron chi connectivity index (χ3n) is 3.14. The average Bonchev–Trinajstić information content (AvgIpc) is 3.22. The van der Waals surface area contributed by atoms with Crippen molar-refractivity contribution in [3.05, 3.63) is 35.9 Å². The van der Waals surface area contributed by atoms with E-state index in [0.29, 0.717) is 19.0 Å². The molecule has 1 aliphatic rings. The summed E-state index contributed by atoms with van der Waals surface area (Å²) in [5.41, 5.74) is 1.09. The topological polar surface area (TPSA) is 61.4 Å². The Bertz CT molecular complexity index is 377. The summed E-state index contributed by atoms with van der Waals surface area (Å²) in [7, 11) is 0. The van der Waals surface area contributed by atoms with Gasteiger partial charge < -0.3 is 15.7 Å². The van der Waals surface area contributed by atoms with Gasteiger partial charge in [0.1, 0.15) is 0 Å². The van der Waals surface area contributed by atoms with Crippen LogP contribution in [0.4, 0.5) is 0 Å². The third-order valence-corrected chi connectivity index (χ3v) is 3.14. The number of carbonyl (C=O) groups excluding carboxylic acids is 1. The first-order valence-corrected chi connectivity index (χ1v) is 6.45. The van der Waals surface area contributed by atoms with Crippen LogP contribution in [-0.2, 0) is 11.3 Å². The van der Waals surface area contributed by atoms with Crippen molar-refractivity contribution < 1.29 is 9.90 Å². The molecule has 0 radical (unpaired) electrons. The number of nitrogens with one attached hydrogen (secondary N) is 2. The Morgan fingerprint density at radius 3 is 2.72 bits per heavy atom. The fourth-order valence-electron chi connectivity index (χ4n) is 1.84. The lowest BCUT2D eigenvalue weighted by Crippen LogP contribution is -2.37. The number of hydrogen-bond acceptors (Lipinski definition) is 3. The first kappa shape index (κ1) is 13.1. The van der Waals surface area contributed by atoms with Crippen molar-refractivity contribution in [3.63, 3.8) is 0 Å². The Morgan fingerprint density at radius 1 is 1.33 bits per heavy atom. The van der Waals surface area contributed by atoms with Gasteiger partial charge in [-0.2, -0.15) is 0 Å². The maximum Gasteiger partial charge on any atom is 0.234 e. The SMILES string of the molecule is O=C(CNCC(O)C1CC1)NCc1ccccc1. The second-order valence-electron chi connectivity index (χ2n) is 4.80. The zero-order valence-electron chi connectivity index (χ0n) is 10.4. The second kappa shape index (κ2) is 6.52. The molecule has 0 bridgehead atoms. The minimum atomic E-state index is -0.299. The Labute approximate surface area is 107 Å². The van der Waals surface area contributed by atoms with Crippen LogP contribution in [0.3, 0.4) is 0 Å². The van der Waals surface area contributed by atoms with Gasteiger partial charge in [0, 0.05) is 13.1 Å². The van der Waals surface area contributed by atoms with Crippen LogP contribution < -0.4 is 10.6 Å². The molecular weight excluding hydrogens is 228 g/mol. The molecule has 1 unspecified atom stereocenters. The Hall–Kier alpha value is -1.39. The maximum absolute atomic E-state index is 11.5. The smallest absolute Gasteiger partial charge is 0.234 e. The highest BCUT2D eigenvalue weighted by molar-refractivity contribution is 5.77. The van der Waals surface area contributed by atoms with Gasteiger partial charge in [0.05, 0.1) is 12.6 Å². The molecule has 18 heavy (non-hydrogen) atoms. The molecule has 0 aliphatic heterocycles. The summed E-state index contributed by atoms with van der Waals surface area (Å²) in [6, 6.07) is 9.80. The van der Waals surface area contributed by atoms with Crippen LogP contribution in [0.2, 0.25) is 0 Å². The van der Waals surface area contributed by atoms with Crippen molar-refractivity contribution in [1.82, 2.24) is 10.6 Å². The van der Waals surface area contributed by atoms with Crippen LogP contribution in [-0.4, -0.2) is 30.2 Å². The van der Waals surface area contributed by atoms with Gasteiger partial charge in [-0.3, -0.25) is 4.79 Å². The molecule has 1 amide bonds. The van der Waals surface area contributed by atoms with Gasteiger partial charge in [0.2, 0.25) is 5.91 Å². The van der Waals surface area contributed by atoms with E-state index in [-0.39, 0.29) is 18.6 Å². The number of carbonyl (C=O) groups is 1. The lowest BCUT2D eigenvalue weighted by Gasteiger charge is -2.10. The molecule has 1 saturated carbocycles. The van der Waals surface area contributed by atoms with Crippen LogP contribution in [0.15, 0.2) is 30.3 Å². The lowest BCUT2D eigenvalue weighted by atomic mass is 10.2. The molecule has 1 aromatic rings. The van der Waals surface area contributed by atoms with E-state index in [0.717, 1.165) is 18.4 Å². The largest absolute Gasteiger partial charge is 0.392 e. The molecule has 1 atom stereocenters. The summed E-state index contributed by atoms with van der Waals surface area (Å²) < 4.78 is 0. The predicted molar refractivity (Wildman–Crippen MR) is 69.9 cm³/mol. The summed E-state index contributed by atoms with van der Waals surface area (Å²) in [5, 5.41) is 15.4. The van der Waals surface area contributed by atoms with E-state index in [1.165, 1.54) is 0 Å². The van der Waals surface area contributed by atoms with Crippen molar-refractivity contribution >= 4 is 5.91 Å². The summed E-state index contributed by atoms with van der Waals surface area (Å²) in [4.78, 5) is 11.5. The van der Waals surface area contributed by atoms with Crippen molar-refractivity contribution in [3.8, 4) is 0 Å². The minimum absolute atomic E-state index is 0.0400. The van der Waals surface area contributed by atoms with Crippen molar-refractivity contribution in [2.75, 3.05) is 13.1 Å². The summed E-state index contributed by atoms with van der Waals surface area (Å²) in [6.45, 7) is 1.31. The molecule has 0 saturated heterocycles. The number of benzene rings is 1. The molecule has 2 rings (SSSR count). The number of aliphatic hydroxyl groups excluding tert-OH is 1. The maximum atomic E-state index is 11.5. The zero-order chi connectivity index (χ0) is 12.8. The van der Waals surface area contributed by atoms with Gasteiger partial charge in [0.25, 0.3) is 0 Å². The van der Waals surface area contributed by atoms with Crippen LogP contribution in [0.1, 0.15) is 18.4 Å². The van der Waals surface area contributed by atoms with E-state index in [9.17, 15) is 9.90 Å². The molecule has 1 aliphatic carbocycles. The number of rotatable bonds is 7. The Balaban J connectivity index is 1.57. The van der Waals surface area contributed by atoms with Gasteiger partial charge in [-0.25, -0.2) is 0 Å². The number of aliphatic hydroxyl groups is 1. The Kier molecular flexibility index (Phi) is 4.73. The number of hydrogen-bond donors (Lipinski definition) is 3. The highest BCUT2D eigenvalue weighted by Gasteiger charge is 2.29. The van der Waals surface area contributed by atoms with E-state index in [4.69, 9.17) is 0 Å². The van der Waals surface area contributed by atoms with Gasteiger partial charge in [-0.05, 0) is 24.3 Å². The van der Waals surface area contributed by atoms with E-state index < -0.39 is 0 Å². The molecule has 0 aromatic heterocycles. The van der Waals surface area contributed by atoms with E-state index in [1.807, 2.05) is 30.3 Å². The molecule has 4 nitrogen and oxygen atoms in total. The third kappa shape index (κ3) is 4.47. The molecule has 0 spiro atoms. The molecule has 0 heterocycles. The normalized spacial score (nSPS) is 16.3. The second-order valence-corrected chi connectivity index (χ2v) is 4.80. The van der Waals surface area contributed by atoms with E-state index in [1.54, 1.807) is 0 Å². The van der Waals surface area contributed by atoms with Crippen LogP contribution in [0, 0.1) is 5.92 Å². The fraction of sp³-hybridized carbons (Fsp3) is 0.500. The van der Waals surface area contributed by atoms with Gasteiger partial charge in [-0.1, -0.05) is 30.3 Å². The predicted octanol–water partition coefficient (Wildman–Crippen LogP) is 0.663. The van der Waals surface area contributed by atoms with Gasteiger partial charge in [0.15, 0.2) is 0 Å². The standard InChI is InChI=1S/C14H20N2O2/c17-13(12-6-7-12)9-15-10-14(18)16-8-11-4-2-1-3-5-11/h1-5,12-13,15,17H,6-10H2,(H,16,18). The molecule has 4 heteroatoms. The summed E-state index contributed by atoms with van der Waals surface area (Å²) in [5.74, 6) is 0.409. The Morgan fingerprint density at radius 2 is 2.06 bits per heavy atom. The van der Waals surface area contributed by atoms with E-state index in [2.05, 4.69) is 10.6 Å². The van der Waals surface area contributed by atoms with Crippen LogP contribution in [0.5, 0.6) is 0 Å². The molecule has 1 fully saturated rings. The highest BCUT2D eigenvalue weighted by Crippen LogP contribution is 2.32. The van der Waals surface area contributed by atoms with Crippen LogP contribution >= 0.6 is 0 Å². The first-order valence-electron chi connectivity index (χ1n) is 6.45. The molecular formula is C14H20N2O2. The number of amides is 1. The first-order chi connectivity index (χ1) is 8.75. The highest BCUT2D eigenvalue weighted by atomic mass is 16.3. The van der Waals surface area contributed by atoms with Gasteiger partial charge in [-0.15, -0.1) is 0 Å². The van der Waals surface area contributed by atoms with E-state index >= 15 is 0 Å². The fourth-order valence-corrected chi connectivity index (χ4v) is 1.84. The molecule has 3 N–H and O–H groups in total. The van der Waals surface area contributed by atoms with Crippen molar-refractivity contribution in [1.29, 1.82) is 0 Å². The zero-order valence-corrected chi connectivity index (χ0v) is 10.4. The monoisotopic (exact) mass is 248 g/mol. The van der Waals surface area contributed by atoms with Crippen molar-refractivity contribution in [2.24, 2.45) is 5.92 Å². The van der Waals surface area contributed by atoms with Crippen LogP contribution in [0.25, 0.3) is 0 Å². The minimum Gasteiger partial charge on any atom is -0.392 e. The van der Waals surface area contributed by atoms with Crippen molar-refractivity contribution in [2.45, 2.75) is 25.5 Å². The summed E-state index contributed by atoms with van der Waals surface area (Å²) in [6.07, 6.45) is 1.93. The molecule has 1 aromatic carbocycles. The average molecular weight is 248 g/mol.